The zero-order valence-electron chi connectivity index (χ0n) is 15.6. The zero-order valence-corrected chi connectivity index (χ0v) is 15.6. The monoisotopic (exact) mass is 347 g/mol. The highest BCUT2D eigenvalue weighted by molar-refractivity contribution is 5.73. The normalized spacial score (nSPS) is 19.4. The Labute approximate surface area is 151 Å². The average molecular weight is 348 g/mol. The number of benzene rings is 1. The van der Waals surface area contributed by atoms with Crippen molar-refractivity contribution in [1.29, 1.82) is 0 Å². The molecule has 1 aliphatic rings. The molecule has 2 rings (SSSR count). The van der Waals surface area contributed by atoms with Gasteiger partial charge >= 0.3 is 6.03 Å². The van der Waals surface area contributed by atoms with E-state index in [0.717, 1.165) is 25.6 Å². The third kappa shape index (κ3) is 7.04. The lowest BCUT2D eigenvalue weighted by Gasteiger charge is -2.31. The lowest BCUT2D eigenvalue weighted by atomic mass is 9.99. The highest BCUT2D eigenvalue weighted by atomic mass is 16.3. The van der Waals surface area contributed by atoms with Crippen molar-refractivity contribution >= 4 is 6.03 Å². The molecule has 1 aliphatic heterocycles. The highest BCUT2D eigenvalue weighted by Gasteiger charge is 2.17. The summed E-state index contributed by atoms with van der Waals surface area (Å²) < 4.78 is 0. The van der Waals surface area contributed by atoms with Crippen LogP contribution in [-0.4, -0.2) is 42.3 Å². The molecule has 140 valence electrons. The summed E-state index contributed by atoms with van der Waals surface area (Å²) in [6.07, 6.45) is 3.31. The molecule has 2 atom stereocenters. The maximum Gasteiger partial charge on any atom is 0.315 e. The van der Waals surface area contributed by atoms with Crippen LogP contribution in [0.4, 0.5) is 4.79 Å². The third-order valence-corrected chi connectivity index (χ3v) is 4.93. The molecule has 0 aromatic heterocycles. The van der Waals surface area contributed by atoms with Gasteiger partial charge in [0.05, 0.1) is 0 Å². The molecule has 1 fully saturated rings. The lowest BCUT2D eigenvalue weighted by molar-refractivity contribution is 0.176. The van der Waals surface area contributed by atoms with E-state index in [2.05, 4.69) is 40.7 Å². The maximum absolute atomic E-state index is 12.0. The Kier molecular flexibility index (Phi) is 8.22. The van der Waals surface area contributed by atoms with E-state index in [0.29, 0.717) is 19.5 Å². The van der Waals surface area contributed by atoms with E-state index in [-0.39, 0.29) is 18.6 Å². The zero-order chi connectivity index (χ0) is 18.1. The summed E-state index contributed by atoms with van der Waals surface area (Å²) in [6, 6.07) is 8.21. The van der Waals surface area contributed by atoms with E-state index in [1.807, 2.05) is 13.0 Å². The number of aliphatic hydroxyl groups excluding tert-OH is 1. The number of hydrogen-bond donors (Lipinski definition) is 3. The van der Waals surface area contributed by atoms with E-state index >= 15 is 0 Å². The van der Waals surface area contributed by atoms with E-state index in [9.17, 15) is 4.79 Å². The molecule has 0 radical (unpaired) electrons. The van der Waals surface area contributed by atoms with E-state index < -0.39 is 0 Å². The van der Waals surface area contributed by atoms with Crippen molar-refractivity contribution in [3.63, 3.8) is 0 Å². The Morgan fingerprint density at radius 2 is 2.08 bits per heavy atom. The van der Waals surface area contributed by atoms with Crippen LogP contribution in [0.1, 0.15) is 44.2 Å². The smallest absolute Gasteiger partial charge is 0.315 e. The summed E-state index contributed by atoms with van der Waals surface area (Å²) >= 11 is 0. The number of piperidine rings is 1. The van der Waals surface area contributed by atoms with Gasteiger partial charge in [-0.15, -0.1) is 0 Å². The predicted molar refractivity (Wildman–Crippen MR) is 101 cm³/mol. The van der Waals surface area contributed by atoms with Gasteiger partial charge in [-0.1, -0.05) is 38.1 Å². The van der Waals surface area contributed by atoms with Gasteiger partial charge in [0.1, 0.15) is 0 Å². The quantitative estimate of drug-likeness (QED) is 0.677. The van der Waals surface area contributed by atoms with Crippen molar-refractivity contribution < 1.29 is 9.90 Å². The molecule has 0 aliphatic carbocycles. The Bertz CT molecular complexity index is 535. The van der Waals surface area contributed by atoms with Crippen molar-refractivity contribution in [2.24, 2.45) is 11.8 Å². The van der Waals surface area contributed by atoms with Gasteiger partial charge in [0.2, 0.25) is 0 Å². The second kappa shape index (κ2) is 10.4. The van der Waals surface area contributed by atoms with Gasteiger partial charge in [-0.2, -0.15) is 0 Å². The summed E-state index contributed by atoms with van der Waals surface area (Å²) in [5.74, 6) is 1.05. The Hall–Kier alpha value is -1.59. The first kappa shape index (κ1) is 19.7. The van der Waals surface area contributed by atoms with Gasteiger partial charge in [-0.3, -0.25) is 4.90 Å². The van der Waals surface area contributed by atoms with E-state index in [1.54, 1.807) is 0 Å². The maximum atomic E-state index is 12.0. The molecular weight excluding hydrogens is 314 g/mol. The first-order valence-corrected chi connectivity index (χ1v) is 9.50. The summed E-state index contributed by atoms with van der Waals surface area (Å²) in [5, 5.41) is 14.7. The molecule has 2 unspecified atom stereocenters. The fraction of sp³-hybridized carbons (Fsp3) is 0.650. The van der Waals surface area contributed by atoms with Crippen LogP contribution in [0.2, 0.25) is 0 Å². The minimum Gasteiger partial charge on any atom is -0.396 e. The molecular formula is C20H33N3O2. The summed E-state index contributed by atoms with van der Waals surface area (Å²) in [7, 11) is 0. The number of nitrogens with zero attached hydrogens (tertiary/aromatic N) is 1. The first-order valence-electron chi connectivity index (χ1n) is 9.50. The van der Waals surface area contributed by atoms with Crippen LogP contribution in [0.5, 0.6) is 0 Å². The number of hydrogen-bond acceptors (Lipinski definition) is 3. The lowest BCUT2D eigenvalue weighted by Crippen LogP contribution is -2.38. The van der Waals surface area contributed by atoms with Gasteiger partial charge in [-0.05, 0) is 48.8 Å². The summed E-state index contributed by atoms with van der Waals surface area (Å²) in [6.45, 7) is 8.90. The molecule has 0 saturated carbocycles. The summed E-state index contributed by atoms with van der Waals surface area (Å²) in [5.41, 5.74) is 2.48. The van der Waals surface area contributed by atoms with Gasteiger partial charge in [0, 0.05) is 32.8 Å². The second-order valence-electron chi connectivity index (χ2n) is 7.43. The minimum absolute atomic E-state index is 0.147. The van der Waals surface area contributed by atoms with Gasteiger partial charge in [0.15, 0.2) is 0 Å². The number of amides is 2. The van der Waals surface area contributed by atoms with Crippen molar-refractivity contribution in [2.45, 2.75) is 46.2 Å². The Balaban J connectivity index is 1.82. The van der Waals surface area contributed by atoms with Gasteiger partial charge in [0.25, 0.3) is 0 Å². The van der Waals surface area contributed by atoms with Crippen molar-refractivity contribution in [1.82, 2.24) is 15.5 Å². The molecule has 3 N–H and O–H groups in total. The molecule has 1 aromatic carbocycles. The van der Waals surface area contributed by atoms with E-state index in [4.69, 9.17) is 5.11 Å². The van der Waals surface area contributed by atoms with Crippen LogP contribution in [0.25, 0.3) is 0 Å². The van der Waals surface area contributed by atoms with Gasteiger partial charge in [-0.25, -0.2) is 4.79 Å². The molecule has 5 heteroatoms. The van der Waals surface area contributed by atoms with Crippen LogP contribution in [-0.2, 0) is 13.1 Å². The number of carbonyl (C=O) groups excluding carboxylic acids is 1. The number of urea groups is 1. The fourth-order valence-corrected chi connectivity index (χ4v) is 3.38. The highest BCUT2D eigenvalue weighted by Crippen LogP contribution is 2.19. The predicted octanol–water partition coefficient (Wildman–Crippen LogP) is 2.74. The third-order valence-electron chi connectivity index (χ3n) is 4.93. The van der Waals surface area contributed by atoms with Crippen LogP contribution >= 0.6 is 0 Å². The standard InChI is InChI=1S/C20H33N3O2/c1-16(9-11-24)12-21-20(25)22-13-18-7-3-4-8-19(18)15-23-10-5-6-17(2)14-23/h3-4,7-8,16-17,24H,5-6,9-15H2,1-2H3,(H2,21,22,25). The number of carbonyl (C=O) groups is 1. The van der Waals surface area contributed by atoms with Crippen molar-refractivity contribution in [3.05, 3.63) is 35.4 Å². The minimum atomic E-state index is -0.147. The second-order valence-corrected chi connectivity index (χ2v) is 7.43. The van der Waals surface area contributed by atoms with Crippen LogP contribution in [0.3, 0.4) is 0 Å². The van der Waals surface area contributed by atoms with Gasteiger partial charge < -0.3 is 15.7 Å². The molecule has 0 spiro atoms. The number of aliphatic hydroxyl groups is 1. The molecule has 0 bridgehead atoms. The molecule has 1 aromatic rings. The van der Waals surface area contributed by atoms with E-state index in [1.165, 1.54) is 24.0 Å². The molecule has 2 amide bonds. The first-order chi connectivity index (χ1) is 12.1. The fourth-order valence-electron chi connectivity index (χ4n) is 3.38. The van der Waals surface area contributed by atoms with Crippen molar-refractivity contribution in [3.8, 4) is 0 Å². The SMILES string of the molecule is CC(CCO)CNC(=O)NCc1ccccc1CN1CCCC(C)C1. The van der Waals surface area contributed by atoms with Crippen LogP contribution < -0.4 is 10.6 Å². The topological polar surface area (TPSA) is 64.6 Å². The van der Waals surface area contributed by atoms with Crippen LogP contribution in [0.15, 0.2) is 24.3 Å². The molecule has 1 heterocycles. The molecule has 5 nitrogen and oxygen atoms in total. The number of likely N-dealkylation sites (tertiary alicyclic amines) is 1. The number of rotatable bonds is 8. The average Bonchev–Trinajstić information content (AvgIpc) is 2.59. The summed E-state index contributed by atoms with van der Waals surface area (Å²) in [4.78, 5) is 14.5. The van der Waals surface area contributed by atoms with Crippen LogP contribution in [0, 0.1) is 11.8 Å². The largest absolute Gasteiger partial charge is 0.396 e. The number of nitrogens with one attached hydrogen (secondary N) is 2. The van der Waals surface area contributed by atoms with Crippen molar-refractivity contribution in [2.75, 3.05) is 26.2 Å². The molecule has 1 saturated heterocycles. The molecule has 25 heavy (non-hydrogen) atoms. The Morgan fingerprint density at radius 1 is 1.32 bits per heavy atom. The Morgan fingerprint density at radius 3 is 2.80 bits per heavy atom.